The van der Waals surface area contributed by atoms with Crippen LogP contribution in [0.4, 0.5) is 15.8 Å². The summed E-state index contributed by atoms with van der Waals surface area (Å²) in [7, 11) is 3.53. The Bertz CT molecular complexity index is 1830. The lowest BCUT2D eigenvalue weighted by Gasteiger charge is -2.36. The lowest BCUT2D eigenvalue weighted by molar-refractivity contribution is -0.135. The molecule has 1 aliphatic rings. The summed E-state index contributed by atoms with van der Waals surface area (Å²) in [5, 5.41) is 25.6. The molecule has 0 spiro atoms. The molecule has 236 valence electrons. The van der Waals surface area contributed by atoms with Crippen LogP contribution >= 0.6 is 11.6 Å². The van der Waals surface area contributed by atoms with E-state index in [1.807, 2.05) is 0 Å². The molecular formula is C31H28ClFN8O5. The number of aromatic carboxylic acids is 1. The number of anilines is 2. The molecule has 0 saturated carbocycles. The van der Waals surface area contributed by atoms with Gasteiger partial charge < -0.3 is 25.5 Å². The quantitative estimate of drug-likeness (QED) is 0.231. The third-order valence-corrected chi connectivity index (χ3v) is 7.48. The molecule has 2 heterocycles. The summed E-state index contributed by atoms with van der Waals surface area (Å²) in [5.74, 6) is -3.34. The predicted octanol–water partition coefficient (Wildman–Crippen LogP) is 3.43. The number of carboxylic acids is 1. The molecule has 0 fully saturated rings. The summed E-state index contributed by atoms with van der Waals surface area (Å²) in [6.07, 6.45) is 3.96. The maximum absolute atomic E-state index is 15.2. The Morgan fingerprint density at radius 2 is 1.85 bits per heavy atom. The van der Waals surface area contributed by atoms with Gasteiger partial charge in [0, 0.05) is 29.6 Å². The third-order valence-electron chi connectivity index (χ3n) is 7.18. The van der Waals surface area contributed by atoms with E-state index in [-0.39, 0.29) is 40.8 Å². The van der Waals surface area contributed by atoms with E-state index in [0.717, 1.165) is 6.08 Å². The average Bonchev–Trinajstić information content (AvgIpc) is 3.56. The number of fused-ring (bicyclic) bond motifs is 1. The van der Waals surface area contributed by atoms with E-state index in [4.69, 9.17) is 11.6 Å². The number of nitrogens with one attached hydrogen (secondary N) is 2. The molecule has 0 radical (unpaired) electrons. The van der Waals surface area contributed by atoms with E-state index in [9.17, 15) is 24.3 Å². The van der Waals surface area contributed by atoms with Crippen molar-refractivity contribution in [3.05, 3.63) is 100 Å². The predicted molar refractivity (Wildman–Crippen MR) is 167 cm³/mol. The molecule has 3 N–H and O–H groups in total. The average molecular weight is 647 g/mol. The van der Waals surface area contributed by atoms with E-state index in [2.05, 4.69) is 26.2 Å². The molecule has 3 amide bonds. The van der Waals surface area contributed by atoms with Gasteiger partial charge in [0.25, 0.3) is 5.91 Å². The van der Waals surface area contributed by atoms with E-state index in [1.54, 1.807) is 37.2 Å². The number of likely N-dealkylation sites (N-methyl/N-ethyl adjacent to an activating group) is 1. The molecule has 4 aromatic rings. The highest BCUT2D eigenvalue weighted by molar-refractivity contribution is 6.31. The van der Waals surface area contributed by atoms with Gasteiger partial charge in [-0.1, -0.05) is 23.7 Å². The third kappa shape index (κ3) is 6.92. The van der Waals surface area contributed by atoms with E-state index in [0.29, 0.717) is 28.9 Å². The summed E-state index contributed by atoms with van der Waals surface area (Å²) in [4.78, 5) is 54.6. The van der Waals surface area contributed by atoms with Crippen LogP contribution < -0.4 is 10.6 Å². The SMILES string of the molecule is CN(C)CC(=O)Nc1cccc2c1CCN(C(=O)/C=C/c1c(-n3cnnn3)ccc(Cl)c1F)C2C(=O)Nc1ccc(C(=O)O)cc1. The van der Waals surface area contributed by atoms with Crippen molar-refractivity contribution in [1.29, 1.82) is 0 Å². The molecule has 13 nitrogen and oxygen atoms in total. The minimum absolute atomic E-state index is 0.0374. The zero-order chi connectivity index (χ0) is 33.0. The molecule has 1 unspecified atom stereocenters. The number of carbonyl (C=O) groups excluding carboxylic acids is 3. The van der Waals surface area contributed by atoms with Crippen molar-refractivity contribution in [2.24, 2.45) is 0 Å². The number of aromatic nitrogens is 4. The monoisotopic (exact) mass is 646 g/mol. The van der Waals surface area contributed by atoms with Gasteiger partial charge in [0.1, 0.15) is 12.4 Å². The maximum Gasteiger partial charge on any atom is 0.335 e. The van der Waals surface area contributed by atoms with Crippen LogP contribution in [0.25, 0.3) is 11.8 Å². The van der Waals surface area contributed by atoms with Crippen LogP contribution in [-0.4, -0.2) is 86.0 Å². The lowest BCUT2D eigenvalue weighted by Crippen LogP contribution is -2.45. The second-order valence-corrected chi connectivity index (χ2v) is 11.0. The second-order valence-electron chi connectivity index (χ2n) is 10.6. The summed E-state index contributed by atoms with van der Waals surface area (Å²) < 4.78 is 16.4. The number of tetrazole rings is 1. The van der Waals surface area contributed by atoms with Gasteiger partial charge in [-0.15, -0.1) is 5.10 Å². The summed E-state index contributed by atoms with van der Waals surface area (Å²) in [5.41, 5.74) is 2.23. The number of benzene rings is 3. The number of hydrogen-bond acceptors (Lipinski definition) is 8. The highest BCUT2D eigenvalue weighted by Crippen LogP contribution is 2.36. The Kier molecular flexibility index (Phi) is 9.49. The molecular weight excluding hydrogens is 619 g/mol. The van der Waals surface area contributed by atoms with Crippen molar-refractivity contribution in [2.75, 3.05) is 37.8 Å². The first-order valence-corrected chi connectivity index (χ1v) is 14.3. The largest absolute Gasteiger partial charge is 0.478 e. The highest BCUT2D eigenvalue weighted by Gasteiger charge is 2.36. The van der Waals surface area contributed by atoms with Crippen molar-refractivity contribution >= 4 is 52.7 Å². The number of hydrogen-bond donors (Lipinski definition) is 3. The minimum Gasteiger partial charge on any atom is -0.478 e. The van der Waals surface area contributed by atoms with Crippen molar-refractivity contribution in [2.45, 2.75) is 12.5 Å². The maximum atomic E-state index is 15.2. The summed E-state index contributed by atoms with van der Waals surface area (Å²) in [6, 6.07) is 12.4. The number of rotatable bonds is 9. The van der Waals surface area contributed by atoms with Gasteiger partial charge in [-0.2, -0.15) is 4.68 Å². The first kappa shape index (κ1) is 31.9. The molecule has 46 heavy (non-hydrogen) atoms. The Hall–Kier alpha value is -5.47. The van der Waals surface area contributed by atoms with Crippen LogP contribution in [0, 0.1) is 5.82 Å². The Morgan fingerprint density at radius 3 is 2.52 bits per heavy atom. The highest BCUT2D eigenvalue weighted by atomic mass is 35.5. The molecule has 5 rings (SSSR count). The topological polar surface area (TPSA) is 163 Å². The van der Waals surface area contributed by atoms with Gasteiger partial charge in [0.15, 0.2) is 5.82 Å². The Balaban J connectivity index is 1.50. The van der Waals surface area contributed by atoms with Crippen LogP contribution in [0.1, 0.15) is 33.1 Å². The smallest absolute Gasteiger partial charge is 0.335 e. The number of halogens is 2. The van der Waals surface area contributed by atoms with Crippen molar-refractivity contribution < 1.29 is 28.7 Å². The van der Waals surface area contributed by atoms with Crippen molar-refractivity contribution in [3.63, 3.8) is 0 Å². The molecule has 1 aliphatic heterocycles. The zero-order valence-corrected chi connectivity index (χ0v) is 25.4. The van der Waals surface area contributed by atoms with Gasteiger partial charge in [-0.05, 0) is 90.6 Å². The van der Waals surface area contributed by atoms with Crippen LogP contribution in [0.3, 0.4) is 0 Å². The van der Waals surface area contributed by atoms with Crippen LogP contribution in [0.5, 0.6) is 0 Å². The Morgan fingerprint density at radius 1 is 1.09 bits per heavy atom. The molecule has 3 aromatic carbocycles. The summed E-state index contributed by atoms with van der Waals surface area (Å²) >= 11 is 6.03. The van der Waals surface area contributed by atoms with Gasteiger partial charge in [0.05, 0.1) is 22.8 Å². The molecule has 1 atom stereocenters. The fourth-order valence-corrected chi connectivity index (χ4v) is 5.29. The van der Waals surface area contributed by atoms with Gasteiger partial charge in [0.2, 0.25) is 11.8 Å². The standard InChI is InChI=1S/C31H28ClFN8O5/c1-39(2)16-26(42)36-24-5-3-4-21-20(24)14-15-40(29(21)30(44)35-19-8-6-18(7-9-19)31(45)46)27(43)13-10-22-25(41-17-34-37-38-41)12-11-23(32)28(22)33/h3-13,17,29H,14-16H2,1-2H3,(H,35,44)(H,36,42)(H,45,46)/b13-10+. The Labute approximate surface area is 267 Å². The zero-order valence-electron chi connectivity index (χ0n) is 24.6. The van der Waals surface area contributed by atoms with E-state index < -0.39 is 29.6 Å². The molecule has 15 heteroatoms. The fourth-order valence-electron chi connectivity index (χ4n) is 5.13. The second kappa shape index (κ2) is 13.7. The number of carbonyl (C=O) groups is 4. The van der Waals surface area contributed by atoms with Crippen LogP contribution in [-0.2, 0) is 20.8 Å². The lowest BCUT2D eigenvalue weighted by atomic mass is 9.90. The normalized spacial score (nSPS) is 14.3. The molecule has 0 saturated heterocycles. The number of amides is 3. The van der Waals surface area contributed by atoms with Gasteiger partial charge in [-0.3, -0.25) is 14.4 Å². The van der Waals surface area contributed by atoms with Crippen molar-refractivity contribution in [1.82, 2.24) is 30.0 Å². The molecule has 0 aliphatic carbocycles. The van der Waals surface area contributed by atoms with Crippen molar-refractivity contribution in [3.8, 4) is 5.69 Å². The summed E-state index contributed by atoms with van der Waals surface area (Å²) in [6.45, 7) is 0.229. The van der Waals surface area contributed by atoms with E-state index >= 15 is 4.39 Å². The van der Waals surface area contributed by atoms with Crippen LogP contribution in [0.15, 0.2) is 67.0 Å². The molecule has 1 aromatic heterocycles. The number of nitrogens with zero attached hydrogens (tertiary/aromatic N) is 6. The number of carboxylic acid groups (broad SMARTS) is 1. The van der Waals surface area contributed by atoms with E-state index in [1.165, 1.54) is 58.4 Å². The van der Waals surface area contributed by atoms with Crippen LogP contribution in [0.2, 0.25) is 5.02 Å². The van der Waals surface area contributed by atoms with Gasteiger partial charge >= 0.3 is 5.97 Å². The fraction of sp³-hybridized carbons (Fsp3) is 0.194. The first-order chi connectivity index (χ1) is 22.0. The molecule has 0 bridgehead atoms. The van der Waals surface area contributed by atoms with Gasteiger partial charge in [-0.25, -0.2) is 9.18 Å². The first-order valence-electron chi connectivity index (χ1n) is 13.9. The minimum atomic E-state index is -1.16.